The fraction of sp³-hybridized carbons (Fsp3) is 0.412. The van der Waals surface area contributed by atoms with E-state index in [0.717, 1.165) is 11.3 Å². The maximum atomic E-state index is 12.6. The normalized spacial score (nSPS) is 10.6. The van der Waals surface area contributed by atoms with Crippen LogP contribution in [0, 0.1) is 6.92 Å². The first kappa shape index (κ1) is 21.1. The number of hydrogen-bond acceptors (Lipinski definition) is 7. The number of nitrogens with one attached hydrogen (secondary N) is 1. The molecule has 0 fully saturated rings. The fourth-order valence-electron chi connectivity index (χ4n) is 2.28. The molecule has 10 heteroatoms. The number of ether oxygens (including phenoxy) is 2. The van der Waals surface area contributed by atoms with E-state index in [0.29, 0.717) is 23.0 Å². The number of hydrogen-bond donors (Lipinski definition) is 1. The number of aryl methyl sites for hydroxylation is 1. The van der Waals surface area contributed by atoms with Gasteiger partial charge in [-0.05, 0) is 41.8 Å². The Morgan fingerprint density at radius 2 is 2.00 bits per heavy atom. The molecule has 0 unspecified atom stereocenters. The molecule has 146 valence electrons. The summed E-state index contributed by atoms with van der Waals surface area (Å²) in [5.74, 6) is -1.69. The smallest absolute Gasteiger partial charge is 0.348 e. The minimum absolute atomic E-state index is 0.147. The Kier molecular flexibility index (Phi) is 7.14. The van der Waals surface area contributed by atoms with E-state index < -0.39 is 17.8 Å². The Bertz CT molecular complexity index is 874. The van der Waals surface area contributed by atoms with Crippen molar-refractivity contribution in [3.63, 3.8) is 0 Å². The summed E-state index contributed by atoms with van der Waals surface area (Å²) in [5.41, 5.74) is 0.727. The molecule has 2 rings (SSSR count). The number of rotatable bonds is 7. The molecule has 0 saturated heterocycles. The van der Waals surface area contributed by atoms with Gasteiger partial charge in [0.15, 0.2) is 5.69 Å². The molecule has 0 spiro atoms. The van der Waals surface area contributed by atoms with Crippen molar-refractivity contribution in [3.8, 4) is 0 Å². The average Bonchev–Trinajstić information content (AvgIpc) is 3.18. The van der Waals surface area contributed by atoms with Gasteiger partial charge in [-0.15, -0.1) is 11.3 Å². The van der Waals surface area contributed by atoms with E-state index in [1.54, 1.807) is 17.8 Å². The highest BCUT2D eigenvalue weighted by molar-refractivity contribution is 9.10. The highest BCUT2D eigenvalue weighted by Gasteiger charge is 2.28. The summed E-state index contributed by atoms with van der Waals surface area (Å²) >= 11 is 4.27. The molecule has 2 aromatic rings. The van der Waals surface area contributed by atoms with Crippen molar-refractivity contribution < 1.29 is 23.9 Å². The Morgan fingerprint density at radius 3 is 2.56 bits per heavy atom. The van der Waals surface area contributed by atoms with E-state index in [-0.39, 0.29) is 27.7 Å². The van der Waals surface area contributed by atoms with E-state index in [1.165, 1.54) is 7.11 Å². The van der Waals surface area contributed by atoms with Crippen LogP contribution in [0.3, 0.4) is 0 Å². The largest absolute Gasteiger partial charge is 0.465 e. The summed E-state index contributed by atoms with van der Waals surface area (Å²) in [6, 6.07) is 0. The monoisotopic (exact) mass is 457 g/mol. The van der Waals surface area contributed by atoms with Crippen LogP contribution in [0.2, 0.25) is 0 Å². The summed E-state index contributed by atoms with van der Waals surface area (Å²) in [5, 5.41) is 7.07. The van der Waals surface area contributed by atoms with Crippen molar-refractivity contribution >= 4 is 50.1 Å². The van der Waals surface area contributed by atoms with Crippen molar-refractivity contribution in [1.29, 1.82) is 0 Å². The molecule has 27 heavy (non-hydrogen) atoms. The number of anilines is 1. The minimum Gasteiger partial charge on any atom is -0.465 e. The fourth-order valence-corrected chi connectivity index (χ4v) is 3.88. The van der Waals surface area contributed by atoms with Gasteiger partial charge in [0.25, 0.3) is 5.91 Å². The first-order chi connectivity index (χ1) is 12.8. The third-order valence-corrected chi connectivity index (χ3v) is 5.41. The first-order valence-electron chi connectivity index (χ1n) is 8.27. The highest BCUT2D eigenvalue weighted by atomic mass is 79.9. The van der Waals surface area contributed by atoms with E-state index >= 15 is 0 Å². The van der Waals surface area contributed by atoms with Gasteiger partial charge >= 0.3 is 11.9 Å². The lowest BCUT2D eigenvalue weighted by atomic mass is 10.1. The van der Waals surface area contributed by atoms with Crippen LogP contribution in [-0.2, 0) is 16.0 Å². The number of carbonyl (C=O) groups is 3. The zero-order valence-electron chi connectivity index (χ0n) is 15.4. The molecule has 8 nitrogen and oxygen atoms in total. The van der Waals surface area contributed by atoms with Gasteiger partial charge in [0.1, 0.15) is 9.88 Å². The molecule has 0 aromatic carbocycles. The van der Waals surface area contributed by atoms with Crippen molar-refractivity contribution in [2.75, 3.05) is 19.0 Å². The maximum absolute atomic E-state index is 12.6. The van der Waals surface area contributed by atoms with Gasteiger partial charge in [-0.25, -0.2) is 9.59 Å². The van der Waals surface area contributed by atoms with E-state index in [9.17, 15) is 14.4 Å². The number of halogens is 1. The summed E-state index contributed by atoms with van der Waals surface area (Å²) in [6.07, 6.45) is 2.34. The molecular formula is C17H20BrN3O5S. The van der Waals surface area contributed by atoms with Gasteiger partial charge in [-0.2, -0.15) is 5.10 Å². The number of thiophene rings is 1. The molecule has 2 heterocycles. The Hall–Kier alpha value is -2.20. The number of aromatic nitrogens is 2. The minimum atomic E-state index is -0.603. The molecule has 0 aliphatic heterocycles. The van der Waals surface area contributed by atoms with Crippen LogP contribution in [0.1, 0.15) is 56.3 Å². The molecule has 0 bridgehead atoms. The second-order valence-corrected chi connectivity index (χ2v) is 7.40. The first-order valence-corrected chi connectivity index (χ1v) is 9.88. The van der Waals surface area contributed by atoms with Crippen molar-refractivity contribution in [2.45, 2.75) is 33.7 Å². The zero-order valence-corrected chi connectivity index (χ0v) is 17.8. The van der Waals surface area contributed by atoms with E-state index in [2.05, 4.69) is 26.3 Å². The predicted molar refractivity (Wildman–Crippen MR) is 105 cm³/mol. The number of carbonyl (C=O) groups excluding carboxylic acids is 3. The zero-order chi connectivity index (χ0) is 20.1. The lowest BCUT2D eigenvalue weighted by Gasteiger charge is -2.07. The molecule has 1 amide bonds. The lowest BCUT2D eigenvalue weighted by Crippen LogP contribution is -2.16. The van der Waals surface area contributed by atoms with Crippen molar-refractivity contribution in [2.24, 2.45) is 0 Å². The quantitative estimate of drug-likeness (QED) is 0.636. The molecular weight excluding hydrogens is 438 g/mol. The van der Waals surface area contributed by atoms with Gasteiger partial charge in [-0.1, -0.05) is 6.92 Å². The van der Waals surface area contributed by atoms with Gasteiger partial charge in [0.2, 0.25) is 0 Å². The van der Waals surface area contributed by atoms with Crippen LogP contribution in [0.25, 0.3) is 0 Å². The average molecular weight is 458 g/mol. The van der Waals surface area contributed by atoms with Gasteiger partial charge < -0.3 is 14.8 Å². The second kappa shape index (κ2) is 9.14. The van der Waals surface area contributed by atoms with Crippen molar-refractivity contribution in [1.82, 2.24) is 9.78 Å². The molecule has 0 atom stereocenters. The van der Waals surface area contributed by atoms with Crippen LogP contribution < -0.4 is 5.32 Å². The molecule has 0 aliphatic rings. The van der Waals surface area contributed by atoms with Crippen LogP contribution in [0.15, 0.2) is 10.7 Å². The molecule has 0 saturated carbocycles. The third kappa shape index (κ3) is 4.56. The predicted octanol–water partition coefficient (Wildman–Crippen LogP) is 3.64. The number of methoxy groups -OCH3 is 1. The van der Waals surface area contributed by atoms with Gasteiger partial charge in [0.05, 0.1) is 23.8 Å². The standard InChI is InChI=1S/C17H20BrN3O5S/c1-5-7-26-16(23)11-9(3)13(17(24)25-4)27-15(11)19-14(22)12-10(18)8-21(6-2)20-12/h8H,5-7H2,1-4H3,(H,19,22). The second-order valence-electron chi connectivity index (χ2n) is 5.52. The SMILES string of the molecule is CCCOC(=O)c1c(NC(=O)c2nn(CC)cc2Br)sc(C(=O)OC)c1C. The lowest BCUT2D eigenvalue weighted by molar-refractivity contribution is 0.0506. The Morgan fingerprint density at radius 1 is 1.30 bits per heavy atom. The Balaban J connectivity index is 2.41. The van der Waals surface area contributed by atoms with E-state index in [4.69, 9.17) is 9.47 Å². The van der Waals surface area contributed by atoms with Crippen LogP contribution in [0.4, 0.5) is 5.00 Å². The summed E-state index contributed by atoms with van der Waals surface area (Å²) in [6.45, 7) is 6.22. The third-order valence-electron chi connectivity index (χ3n) is 3.64. The van der Waals surface area contributed by atoms with Gasteiger partial charge in [-0.3, -0.25) is 9.48 Å². The number of esters is 2. The summed E-state index contributed by atoms with van der Waals surface area (Å²) < 4.78 is 12.1. The molecule has 1 N–H and O–H groups in total. The number of nitrogens with zero attached hydrogens (tertiary/aromatic N) is 2. The van der Waals surface area contributed by atoms with Crippen LogP contribution in [0.5, 0.6) is 0 Å². The maximum Gasteiger partial charge on any atom is 0.348 e. The van der Waals surface area contributed by atoms with Gasteiger partial charge in [0, 0.05) is 12.7 Å². The molecule has 0 aliphatic carbocycles. The van der Waals surface area contributed by atoms with E-state index in [1.807, 2.05) is 13.8 Å². The molecule has 2 aromatic heterocycles. The van der Waals surface area contributed by atoms with Crippen molar-refractivity contribution in [3.05, 3.63) is 32.4 Å². The highest BCUT2D eigenvalue weighted by Crippen LogP contribution is 2.34. The topological polar surface area (TPSA) is 99.5 Å². The summed E-state index contributed by atoms with van der Waals surface area (Å²) in [4.78, 5) is 37.3. The Labute approximate surface area is 169 Å². The molecule has 0 radical (unpaired) electrons. The van der Waals surface area contributed by atoms with Crippen LogP contribution >= 0.6 is 27.3 Å². The number of amides is 1. The van der Waals surface area contributed by atoms with Crippen LogP contribution in [-0.4, -0.2) is 41.3 Å². The summed E-state index contributed by atoms with van der Waals surface area (Å²) in [7, 11) is 1.25.